The lowest BCUT2D eigenvalue weighted by Gasteiger charge is -2.14. The van der Waals surface area contributed by atoms with Crippen molar-refractivity contribution >= 4 is 11.8 Å². The van der Waals surface area contributed by atoms with Crippen molar-refractivity contribution in [3.05, 3.63) is 72.3 Å². The summed E-state index contributed by atoms with van der Waals surface area (Å²) in [7, 11) is 0. The number of benzene rings is 2. The lowest BCUT2D eigenvalue weighted by Crippen LogP contribution is -2.20. The van der Waals surface area contributed by atoms with Crippen LogP contribution in [0.25, 0.3) is 11.4 Å². The van der Waals surface area contributed by atoms with Gasteiger partial charge in [-0.05, 0) is 25.5 Å². The highest BCUT2D eigenvalue weighted by molar-refractivity contribution is 7.99. The number of allylic oxidation sites excluding steroid dienone is 1. The number of hydrogen-bond acceptors (Lipinski definition) is 5. The Balaban J connectivity index is 1.62. The SMILES string of the molecule is C=CCn1c(SCC(O)COc2ccc(C)cc2C)nnc1-c1ccccc1. The van der Waals surface area contributed by atoms with Crippen LogP contribution in [0.4, 0.5) is 0 Å². The first-order chi connectivity index (χ1) is 13.6. The van der Waals surface area contributed by atoms with Crippen molar-refractivity contribution in [2.45, 2.75) is 31.7 Å². The molecule has 146 valence electrons. The van der Waals surface area contributed by atoms with Gasteiger partial charge in [0.1, 0.15) is 12.4 Å². The molecule has 0 aliphatic rings. The predicted octanol–water partition coefficient (Wildman–Crippen LogP) is 4.28. The van der Waals surface area contributed by atoms with Gasteiger partial charge in [-0.3, -0.25) is 4.57 Å². The van der Waals surface area contributed by atoms with Crippen molar-refractivity contribution in [2.75, 3.05) is 12.4 Å². The fraction of sp³-hybridized carbons (Fsp3) is 0.273. The first-order valence-corrected chi connectivity index (χ1v) is 10.2. The van der Waals surface area contributed by atoms with Crippen LogP contribution in [0.5, 0.6) is 5.75 Å². The number of aliphatic hydroxyl groups is 1. The van der Waals surface area contributed by atoms with E-state index in [0.717, 1.165) is 27.9 Å². The van der Waals surface area contributed by atoms with Crippen LogP contribution in [0.3, 0.4) is 0 Å². The van der Waals surface area contributed by atoms with Crippen LogP contribution in [0.1, 0.15) is 11.1 Å². The van der Waals surface area contributed by atoms with Gasteiger partial charge in [0.15, 0.2) is 11.0 Å². The standard InChI is InChI=1S/C22H25N3O2S/c1-4-12-25-21(18-8-6-5-7-9-18)23-24-22(25)28-15-19(26)14-27-20-11-10-16(2)13-17(20)3/h4-11,13,19,26H,1,12,14-15H2,2-3H3. The van der Waals surface area contributed by atoms with Crippen LogP contribution < -0.4 is 4.74 Å². The summed E-state index contributed by atoms with van der Waals surface area (Å²) in [5.74, 6) is 2.06. The molecular weight excluding hydrogens is 370 g/mol. The molecule has 0 saturated carbocycles. The van der Waals surface area contributed by atoms with Crippen LogP contribution in [0, 0.1) is 13.8 Å². The zero-order valence-electron chi connectivity index (χ0n) is 16.2. The summed E-state index contributed by atoms with van der Waals surface area (Å²) in [5, 5.41) is 19.7. The lowest BCUT2D eigenvalue weighted by atomic mass is 10.1. The molecule has 0 bridgehead atoms. The minimum Gasteiger partial charge on any atom is -0.491 e. The van der Waals surface area contributed by atoms with E-state index in [1.807, 2.05) is 67.0 Å². The van der Waals surface area contributed by atoms with Crippen LogP contribution in [-0.4, -0.2) is 38.3 Å². The van der Waals surface area contributed by atoms with E-state index in [-0.39, 0.29) is 6.61 Å². The minimum absolute atomic E-state index is 0.234. The van der Waals surface area contributed by atoms with Crippen molar-refractivity contribution in [1.82, 2.24) is 14.8 Å². The normalized spacial score (nSPS) is 12.0. The van der Waals surface area contributed by atoms with E-state index in [1.165, 1.54) is 17.3 Å². The first-order valence-electron chi connectivity index (χ1n) is 9.19. The number of rotatable bonds is 9. The molecule has 28 heavy (non-hydrogen) atoms. The summed E-state index contributed by atoms with van der Waals surface area (Å²) in [5.41, 5.74) is 3.26. The molecule has 1 N–H and O–H groups in total. The highest BCUT2D eigenvalue weighted by atomic mass is 32.2. The van der Waals surface area contributed by atoms with Crippen LogP contribution in [0.2, 0.25) is 0 Å². The average Bonchev–Trinajstić information content (AvgIpc) is 3.09. The second kappa shape index (κ2) is 9.57. The summed E-state index contributed by atoms with van der Waals surface area (Å²) in [4.78, 5) is 0. The van der Waals surface area contributed by atoms with Crippen molar-refractivity contribution in [3.63, 3.8) is 0 Å². The average molecular weight is 396 g/mol. The molecule has 3 aromatic rings. The number of ether oxygens (including phenoxy) is 1. The van der Waals surface area contributed by atoms with Crippen molar-refractivity contribution < 1.29 is 9.84 Å². The molecule has 1 unspecified atom stereocenters. The maximum absolute atomic E-state index is 10.3. The molecule has 0 amide bonds. The number of nitrogens with zero attached hydrogens (tertiary/aromatic N) is 3. The van der Waals surface area contributed by atoms with E-state index < -0.39 is 6.10 Å². The molecule has 2 aromatic carbocycles. The predicted molar refractivity (Wildman–Crippen MR) is 114 cm³/mol. The molecule has 1 aromatic heterocycles. The summed E-state index contributed by atoms with van der Waals surface area (Å²) < 4.78 is 7.78. The van der Waals surface area contributed by atoms with Gasteiger partial charge in [-0.25, -0.2) is 0 Å². The van der Waals surface area contributed by atoms with E-state index in [1.54, 1.807) is 0 Å². The number of hydrogen-bond donors (Lipinski definition) is 1. The summed E-state index contributed by atoms with van der Waals surface area (Å²) in [6, 6.07) is 15.9. The molecular formula is C22H25N3O2S. The van der Waals surface area contributed by atoms with Gasteiger partial charge in [0.05, 0.1) is 6.10 Å². The molecule has 3 rings (SSSR count). The quantitative estimate of drug-likeness (QED) is 0.433. The Morgan fingerprint density at radius 1 is 1.18 bits per heavy atom. The molecule has 1 atom stereocenters. The van der Waals surface area contributed by atoms with Gasteiger partial charge in [-0.1, -0.05) is 65.9 Å². The van der Waals surface area contributed by atoms with Gasteiger partial charge < -0.3 is 9.84 Å². The topological polar surface area (TPSA) is 60.2 Å². The van der Waals surface area contributed by atoms with Crippen LogP contribution >= 0.6 is 11.8 Å². The molecule has 1 heterocycles. The Morgan fingerprint density at radius 3 is 2.68 bits per heavy atom. The minimum atomic E-state index is -0.611. The zero-order valence-corrected chi connectivity index (χ0v) is 17.0. The Bertz CT molecular complexity index is 925. The van der Waals surface area contributed by atoms with Crippen LogP contribution in [0.15, 0.2) is 66.3 Å². The van der Waals surface area contributed by atoms with Crippen molar-refractivity contribution in [1.29, 1.82) is 0 Å². The van der Waals surface area contributed by atoms with E-state index >= 15 is 0 Å². The van der Waals surface area contributed by atoms with Crippen LogP contribution in [-0.2, 0) is 6.54 Å². The van der Waals surface area contributed by atoms with Crippen molar-refractivity contribution in [3.8, 4) is 17.1 Å². The van der Waals surface area contributed by atoms with E-state index in [0.29, 0.717) is 12.3 Å². The van der Waals surface area contributed by atoms with Gasteiger partial charge in [-0.2, -0.15) is 0 Å². The number of aliphatic hydroxyl groups excluding tert-OH is 1. The molecule has 5 nitrogen and oxygen atoms in total. The smallest absolute Gasteiger partial charge is 0.191 e. The van der Waals surface area contributed by atoms with Gasteiger partial charge >= 0.3 is 0 Å². The molecule has 0 spiro atoms. The van der Waals surface area contributed by atoms with E-state index in [4.69, 9.17) is 4.74 Å². The summed E-state index contributed by atoms with van der Waals surface area (Å²) in [6.07, 6.45) is 1.21. The molecule has 6 heteroatoms. The molecule has 0 aliphatic carbocycles. The number of aromatic nitrogens is 3. The highest BCUT2D eigenvalue weighted by Gasteiger charge is 2.15. The zero-order chi connectivity index (χ0) is 19.9. The second-order valence-corrected chi connectivity index (χ2v) is 7.60. The van der Waals surface area contributed by atoms with Gasteiger partial charge in [0.2, 0.25) is 0 Å². The molecule has 0 saturated heterocycles. The Morgan fingerprint density at radius 2 is 1.96 bits per heavy atom. The maximum atomic E-state index is 10.3. The monoisotopic (exact) mass is 395 g/mol. The first kappa shape index (κ1) is 20.2. The fourth-order valence-electron chi connectivity index (χ4n) is 2.86. The third-order valence-electron chi connectivity index (χ3n) is 4.23. The maximum Gasteiger partial charge on any atom is 0.191 e. The third kappa shape index (κ3) is 5.03. The van der Waals surface area contributed by atoms with E-state index in [9.17, 15) is 5.11 Å². The van der Waals surface area contributed by atoms with E-state index in [2.05, 4.69) is 22.8 Å². The Hall–Kier alpha value is -2.57. The molecule has 0 radical (unpaired) electrons. The number of thioether (sulfide) groups is 1. The summed E-state index contributed by atoms with van der Waals surface area (Å²) >= 11 is 1.46. The Labute approximate surface area is 170 Å². The largest absolute Gasteiger partial charge is 0.491 e. The highest BCUT2D eigenvalue weighted by Crippen LogP contribution is 2.25. The Kier molecular flexibility index (Phi) is 6.90. The summed E-state index contributed by atoms with van der Waals surface area (Å²) in [6.45, 7) is 8.72. The van der Waals surface area contributed by atoms with Gasteiger partial charge in [-0.15, -0.1) is 16.8 Å². The van der Waals surface area contributed by atoms with Gasteiger partial charge in [0.25, 0.3) is 0 Å². The number of aryl methyl sites for hydroxylation is 2. The van der Waals surface area contributed by atoms with Crippen molar-refractivity contribution in [2.24, 2.45) is 0 Å². The van der Waals surface area contributed by atoms with Gasteiger partial charge in [0, 0.05) is 17.9 Å². The molecule has 0 aliphatic heterocycles. The molecule has 0 fully saturated rings. The fourth-order valence-corrected chi connectivity index (χ4v) is 3.71. The third-order valence-corrected chi connectivity index (χ3v) is 5.34. The second-order valence-electron chi connectivity index (χ2n) is 6.62. The lowest BCUT2D eigenvalue weighted by molar-refractivity contribution is 0.126.